The second-order valence-corrected chi connectivity index (χ2v) is 5.01. The molecule has 0 aromatic rings. The van der Waals surface area contributed by atoms with Gasteiger partial charge in [0.15, 0.2) is 0 Å². The van der Waals surface area contributed by atoms with E-state index in [-0.39, 0.29) is 0 Å². The van der Waals surface area contributed by atoms with Crippen LogP contribution in [0.3, 0.4) is 0 Å². The smallest absolute Gasteiger partial charge is 0.0193 e. The van der Waals surface area contributed by atoms with E-state index in [4.69, 9.17) is 5.73 Å². The van der Waals surface area contributed by atoms with Crippen molar-refractivity contribution in [2.75, 3.05) is 19.6 Å². The van der Waals surface area contributed by atoms with E-state index < -0.39 is 0 Å². The minimum absolute atomic E-state index is 0.701. The first-order chi connectivity index (χ1) is 7.72. The lowest BCUT2D eigenvalue weighted by atomic mass is 9.83. The van der Waals surface area contributed by atoms with Crippen LogP contribution in [0.2, 0.25) is 0 Å². The van der Waals surface area contributed by atoms with Crippen LogP contribution in [0.1, 0.15) is 46.0 Å². The molecular formula is C14H28N2. The summed E-state index contributed by atoms with van der Waals surface area (Å²) in [6, 6.07) is 0.701. The molecule has 2 atom stereocenters. The molecule has 1 fully saturated rings. The molecule has 1 aliphatic carbocycles. The van der Waals surface area contributed by atoms with E-state index in [9.17, 15) is 0 Å². The Balaban J connectivity index is 2.58. The summed E-state index contributed by atoms with van der Waals surface area (Å²) in [4.78, 5) is 2.59. The average Bonchev–Trinajstić information content (AvgIpc) is 2.35. The van der Waals surface area contributed by atoms with Crippen LogP contribution in [0, 0.1) is 5.92 Å². The summed E-state index contributed by atoms with van der Waals surface area (Å²) >= 11 is 0. The van der Waals surface area contributed by atoms with Crippen LogP contribution in [0.5, 0.6) is 0 Å². The van der Waals surface area contributed by atoms with Crippen molar-refractivity contribution in [2.45, 2.75) is 52.0 Å². The van der Waals surface area contributed by atoms with Crippen LogP contribution in [-0.2, 0) is 0 Å². The van der Waals surface area contributed by atoms with Crippen LogP contribution < -0.4 is 5.73 Å². The zero-order valence-corrected chi connectivity index (χ0v) is 11.0. The SMILES string of the molecule is C=C(CC)CN(CC)C1CCCCC1CN. The summed E-state index contributed by atoms with van der Waals surface area (Å²) in [6.45, 7) is 11.6. The molecule has 94 valence electrons. The predicted molar refractivity (Wildman–Crippen MR) is 71.5 cm³/mol. The summed E-state index contributed by atoms with van der Waals surface area (Å²) in [5.41, 5.74) is 7.25. The molecule has 0 aliphatic heterocycles. The Bertz CT molecular complexity index is 213. The first-order valence-electron chi connectivity index (χ1n) is 6.83. The number of rotatable bonds is 6. The molecule has 2 N–H and O–H groups in total. The van der Waals surface area contributed by atoms with Crippen LogP contribution in [-0.4, -0.2) is 30.6 Å². The molecule has 1 saturated carbocycles. The maximum atomic E-state index is 5.90. The van der Waals surface area contributed by atoms with Gasteiger partial charge in [0.2, 0.25) is 0 Å². The molecule has 2 nitrogen and oxygen atoms in total. The maximum Gasteiger partial charge on any atom is 0.0193 e. The molecular weight excluding hydrogens is 196 g/mol. The third kappa shape index (κ3) is 3.60. The van der Waals surface area contributed by atoms with E-state index in [0.717, 1.165) is 26.1 Å². The number of nitrogens with zero attached hydrogens (tertiary/aromatic N) is 1. The van der Waals surface area contributed by atoms with Crippen LogP contribution in [0.15, 0.2) is 12.2 Å². The van der Waals surface area contributed by atoms with Crippen LogP contribution in [0.25, 0.3) is 0 Å². The van der Waals surface area contributed by atoms with Gasteiger partial charge in [-0.1, -0.05) is 38.8 Å². The first kappa shape index (κ1) is 13.7. The van der Waals surface area contributed by atoms with Crippen molar-refractivity contribution in [2.24, 2.45) is 11.7 Å². The topological polar surface area (TPSA) is 29.3 Å². The van der Waals surface area contributed by atoms with E-state index in [1.165, 1.54) is 31.3 Å². The Morgan fingerprint density at radius 1 is 1.31 bits per heavy atom. The Labute approximate surface area is 101 Å². The first-order valence-corrected chi connectivity index (χ1v) is 6.83. The molecule has 0 saturated heterocycles. The number of hydrogen-bond donors (Lipinski definition) is 1. The van der Waals surface area contributed by atoms with Gasteiger partial charge in [-0.05, 0) is 38.3 Å². The van der Waals surface area contributed by atoms with E-state index in [2.05, 4.69) is 25.3 Å². The fourth-order valence-electron chi connectivity index (χ4n) is 2.81. The van der Waals surface area contributed by atoms with Crippen molar-refractivity contribution in [1.29, 1.82) is 0 Å². The summed E-state index contributed by atoms with van der Waals surface area (Å²) < 4.78 is 0. The number of likely N-dealkylation sites (N-methyl/N-ethyl adjacent to an activating group) is 1. The molecule has 2 unspecified atom stereocenters. The summed E-state index contributed by atoms with van der Waals surface area (Å²) in [6.07, 6.45) is 6.47. The zero-order chi connectivity index (χ0) is 12.0. The molecule has 2 heteroatoms. The second kappa shape index (κ2) is 7.08. The normalized spacial score (nSPS) is 26.0. The van der Waals surface area contributed by atoms with E-state index in [1.807, 2.05) is 0 Å². The van der Waals surface area contributed by atoms with Gasteiger partial charge in [-0.15, -0.1) is 0 Å². The monoisotopic (exact) mass is 224 g/mol. The van der Waals surface area contributed by atoms with Crippen molar-refractivity contribution in [1.82, 2.24) is 4.90 Å². The van der Waals surface area contributed by atoms with E-state index >= 15 is 0 Å². The lowest BCUT2D eigenvalue weighted by Gasteiger charge is -2.39. The molecule has 0 spiro atoms. The molecule has 0 aromatic carbocycles. The Morgan fingerprint density at radius 2 is 2.00 bits per heavy atom. The van der Waals surface area contributed by atoms with Crippen molar-refractivity contribution in [3.63, 3.8) is 0 Å². The zero-order valence-electron chi connectivity index (χ0n) is 11.0. The van der Waals surface area contributed by atoms with Crippen molar-refractivity contribution in [3.8, 4) is 0 Å². The third-order valence-corrected chi connectivity index (χ3v) is 3.97. The van der Waals surface area contributed by atoms with E-state index in [0.29, 0.717) is 12.0 Å². The van der Waals surface area contributed by atoms with Gasteiger partial charge in [-0.2, -0.15) is 0 Å². The van der Waals surface area contributed by atoms with Gasteiger partial charge in [0.05, 0.1) is 0 Å². The van der Waals surface area contributed by atoms with Gasteiger partial charge >= 0.3 is 0 Å². The predicted octanol–water partition coefficient (Wildman–Crippen LogP) is 2.79. The van der Waals surface area contributed by atoms with Crippen molar-refractivity contribution >= 4 is 0 Å². The number of hydrogen-bond acceptors (Lipinski definition) is 2. The highest BCUT2D eigenvalue weighted by Gasteiger charge is 2.28. The summed E-state index contributed by atoms with van der Waals surface area (Å²) in [5, 5.41) is 0. The van der Waals surface area contributed by atoms with Crippen molar-refractivity contribution in [3.05, 3.63) is 12.2 Å². The summed E-state index contributed by atoms with van der Waals surface area (Å²) in [7, 11) is 0. The van der Waals surface area contributed by atoms with Gasteiger partial charge < -0.3 is 5.73 Å². The minimum Gasteiger partial charge on any atom is -0.330 e. The van der Waals surface area contributed by atoms with Crippen LogP contribution >= 0.6 is 0 Å². The fraction of sp³-hybridized carbons (Fsp3) is 0.857. The van der Waals surface area contributed by atoms with Crippen molar-refractivity contribution < 1.29 is 0 Å². The number of nitrogens with two attached hydrogens (primary N) is 1. The molecule has 0 bridgehead atoms. The fourth-order valence-corrected chi connectivity index (χ4v) is 2.81. The third-order valence-electron chi connectivity index (χ3n) is 3.97. The maximum absolute atomic E-state index is 5.90. The highest BCUT2D eigenvalue weighted by atomic mass is 15.2. The lowest BCUT2D eigenvalue weighted by Crippen LogP contribution is -2.45. The standard InChI is InChI=1S/C14H28N2/c1-4-12(3)11-16(5-2)14-9-7-6-8-13(14)10-15/h13-14H,3-11,15H2,1-2H3. The second-order valence-electron chi connectivity index (χ2n) is 5.01. The summed E-state index contributed by atoms with van der Waals surface area (Å²) in [5.74, 6) is 0.707. The van der Waals surface area contributed by atoms with E-state index in [1.54, 1.807) is 0 Å². The Morgan fingerprint density at radius 3 is 2.56 bits per heavy atom. The molecule has 0 amide bonds. The molecule has 0 aromatic heterocycles. The van der Waals surface area contributed by atoms with Crippen LogP contribution in [0.4, 0.5) is 0 Å². The molecule has 0 heterocycles. The van der Waals surface area contributed by atoms with Gasteiger partial charge in [-0.25, -0.2) is 0 Å². The quantitative estimate of drug-likeness (QED) is 0.703. The molecule has 1 aliphatic rings. The van der Waals surface area contributed by atoms with Gasteiger partial charge in [0.1, 0.15) is 0 Å². The molecule has 16 heavy (non-hydrogen) atoms. The molecule has 1 rings (SSSR count). The molecule has 0 radical (unpaired) electrons. The Kier molecular flexibility index (Phi) is 6.07. The lowest BCUT2D eigenvalue weighted by molar-refractivity contribution is 0.121. The van der Waals surface area contributed by atoms with Gasteiger partial charge in [-0.3, -0.25) is 4.90 Å². The highest BCUT2D eigenvalue weighted by molar-refractivity contribution is 4.98. The largest absolute Gasteiger partial charge is 0.330 e. The van der Waals surface area contributed by atoms with Gasteiger partial charge in [0, 0.05) is 12.6 Å². The van der Waals surface area contributed by atoms with Gasteiger partial charge in [0.25, 0.3) is 0 Å². The highest BCUT2D eigenvalue weighted by Crippen LogP contribution is 2.28. The average molecular weight is 224 g/mol. The minimum atomic E-state index is 0.701. The Hall–Kier alpha value is -0.340.